The molecule has 0 saturated heterocycles. The van der Waals surface area contributed by atoms with Gasteiger partial charge in [0.25, 0.3) is 5.91 Å². The molecule has 0 fully saturated rings. The normalized spacial score (nSPS) is 12.7. The molecule has 0 spiro atoms. The molecule has 0 bridgehead atoms. The van der Waals surface area contributed by atoms with E-state index in [1.54, 1.807) is 37.4 Å². The maximum Gasteiger partial charge on any atom is 0.321 e. The fraction of sp³-hybridized carbons (Fsp3) is 0.176. The van der Waals surface area contributed by atoms with E-state index in [9.17, 15) is 14.0 Å². The Bertz CT molecular complexity index is 794. The number of ether oxygens (including phenoxy) is 1. The van der Waals surface area contributed by atoms with Crippen molar-refractivity contribution in [3.63, 3.8) is 0 Å². The lowest BCUT2D eigenvalue weighted by atomic mass is 10.2. The molecule has 0 atom stereocenters. The Morgan fingerprint density at radius 1 is 1.33 bits per heavy atom. The molecule has 0 radical (unpaired) electrons. The maximum atomic E-state index is 13.2. The first-order valence-corrected chi connectivity index (χ1v) is 7.34. The molecule has 0 aliphatic carbocycles. The third kappa shape index (κ3) is 3.62. The topological polar surface area (TPSA) is 70.7 Å². The number of nitrogens with one attached hydrogen (secondary N) is 2. The molecule has 3 rings (SSSR count). The van der Waals surface area contributed by atoms with Crippen LogP contribution in [0.15, 0.2) is 42.5 Å². The van der Waals surface area contributed by atoms with Crippen LogP contribution in [0.3, 0.4) is 0 Å². The summed E-state index contributed by atoms with van der Waals surface area (Å²) < 4.78 is 18.5. The van der Waals surface area contributed by atoms with Crippen molar-refractivity contribution in [3.05, 3.63) is 53.8 Å². The van der Waals surface area contributed by atoms with Gasteiger partial charge in [-0.15, -0.1) is 0 Å². The number of carbonyl (C=O) groups excluding carboxylic acids is 2. The fourth-order valence-corrected chi connectivity index (χ4v) is 2.35. The van der Waals surface area contributed by atoms with Gasteiger partial charge in [0.2, 0.25) is 0 Å². The van der Waals surface area contributed by atoms with E-state index in [4.69, 9.17) is 4.74 Å². The number of anilines is 2. The van der Waals surface area contributed by atoms with Crippen molar-refractivity contribution in [2.75, 3.05) is 24.3 Å². The third-order valence-corrected chi connectivity index (χ3v) is 3.52. The van der Waals surface area contributed by atoms with Crippen LogP contribution >= 0.6 is 0 Å². The second-order valence-corrected chi connectivity index (χ2v) is 5.46. The second kappa shape index (κ2) is 6.57. The van der Waals surface area contributed by atoms with Gasteiger partial charge in [-0.1, -0.05) is 12.1 Å². The van der Waals surface area contributed by atoms with Crippen molar-refractivity contribution in [2.45, 2.75) is 6.54 Å². The molecule has 1 aliphatic heterocycles. The highest BCUT2D eigenvalue weighted by Gasteiger charge is 2.17. The van der Waals surface area contributed by atoms with E-state index in [1.165, 1.54) is 17.0 Å². The highest BCUT2D eigenvalue weighted by molar-refractivity contribution is 5.96. The Labute approximate surface area is 138 Å². The Hall–Kier alpha value is -3.09. The number of benzene rings is 2. The lowest BCUT2D eigenvalue weighted by molar-refractivity contribution is -0.118. The summed E-state index contributed by atoms with van der Waals surface area (Å²) in [7, 11) is 1.62. The van der Waals surface area contributed by atoms with Crippen LogP contribution in [-0.4, -0.2) is 30.5 Å². The number of nitrogens with zero attached hydrogens (tertiary/aromatic N) is 1. The van der Waals surface area contributed by atoms with Gasteiger partial charge in [0.1, 0.15) is 11.6 Å². The van der Waals surface area contributed by atoms with Crippen molar-refractivity contribution in [2.24, 2.45) is 0 Å². The van der Waals surface area contributed by atoms with E-state index in [-0.39, 0.29) is 30.9 Å². The van der Waals surface area contributed by atoms with Crippen molar-refractivity contribution in [1.29, 1.82) is 0 Å². The van der Waals surface area contributed by atoms with Gasteiger partial charge in [0.05, 0.1) is 5.69 Å². The summed E-state index contributed by atoms with van der Waals surface area (Å²) in [6, 6.07) is 10.7. The Morgan fingerprint density at radius 3 is 2.96 bits per heavy atom. The molecule has 3 amide bonds. The van der Waals surface area contributed by atoms with E-state index in [2.05, 4.69) is 10.6 Å². The number of carbonyl (C=O) groups is 2. The minimum Gasteiger partial charge on any atom is -0.482 e. The van der Waals surface area contributed by atoms with Crippen LogP contribution in [0.2, 0.25) is 0 Å². The summed E-state index contributed by atoms with van der Waals surface area (Å²) in [6.45, 7) is 0.227. The molecule has 24 heavy (non-hydrogen) atoms. The van der Waals surface area contributed by atoms with Gasteiger partial charge in [0, 0.05) is 25.3 Å². The molecule has 6 nitrogen and oxygen atoms in total. The Balaban J connectivity index is 1.65. The summed E-state index contributed by atoms with van der Waals surface area (Å²) in [4.78, 5) is 24.9. The lowest BCUT2D eigenvalue weighted by Gasteiger charge is -2.21. The highest BCUT2D eigenvalue weighted by atomic mass is 19.1. The number of hydrogen-bond donors (Lipinski definition) is 2. The molecular weight excluding hydrogens is 313 g/mol. The SMILES string of the molecule is CN(Cc1cccc(F)c1)C(=O)Nc1ccc2c(c1)OCC(=O)N2. The summed E-state index contributed by atoms with van der Waals surface area (Å²) in [6.07, 6.45) is 0. The Kier molecular flexibility index (Phi) is 4.33. The molecule has 1 aliphatic rings. The summed E-state index contributed by atoms with van der Waals surface area (Å²) in [5.41, 5.74) is 1.81. The van der Waals surface area contributed by atoms with Crippen LogP contribution in [0.4, 0.5) is 20.6 Å². The first-order valence-electron chi connectivity index (χ1n) is 7.34. The van der Waals surface area contributed by atoms with Gasteiger partial charge >= 0.3 is 6.03 Å². The molecule has 7 heteroatoms. The molecule has 0 unspecified atom stereocenters. The standard InChI is InChI=1S/C17H16FN3O3/c1-21(9-11-3-2-4-12(18)7-11)17(23)19-13-5-6-14-15(8-13)24-10-16(22)20-14/h2-8H,9-10H2,1H3,(H,19,23)(H,20,22). The van der Waals surface area contributed by atoms with Crippen LogP contribution in [-0.2, 0) is 11.3 Å². The summed E-state index contributed by atoms with van der Waals surface area (Å²) in [5.74, 6) is -0.0514. The smallest absolute Gasteiger partial charge is 0.321 e. The zero-order valence-electron chi connectivity index (χ0n) is 13.0. The van der Waals surface area contributed by atoms with E-state index in [1.807, 2.05) is 0 Å². The number of halogens is 1. The van der Waals surface area contributed by atoms with Crippen molar-refractivity contribution < 1.29 is 18.7 Å². The number of urea groups is 1. The van der Waals surface area contributed by atoms with Crippen molar-refractivity contribution in [1.82, 2.24) is 4.90 Å². The Morgan fingerprint density at radius 2 is 2.17 bits per heavy atom. The molecular formula is C17H16FN3O3. The predicted molar refractivity (Wildman–Crippen MR) is 87.5 cm³/mol. The first kappa shape index (κ1) is 15.8. The van der Waals surface area contributed by atoms with E-state index < -0.39 is 0 Å². The maximum absolute atomic E-state index is 13.2. The van der Waals surface area contributed by atoms with Gasteiger partial charge < -0.3 is 20.3 Å². The van der Waals surface area contributed by atoms with Crippen LogP contribution in [0.5, 0.6) is 5.75 Å². The van der Waals surface area contributed by atoms with Crippen molar-refractivity contribution in [3.8, 4) is 5.75 Å². The number of amides is 3. The zero-order valence-corrected chi connectivity index (χ0v) is 13.0. The van der Waals surface area contributed by atoms with E-state index in [0.29, 0.717) is 22.7 Å². The van der Waals surface area contributed by atoms with Crippen LogP contribution in [0, 0.1) is 5.82 Å². The molecule has 2 aromatic rings. The van der Waals surface area contributed by atoms with Crippen LogP contribution in [0.25, 0.3) is 0 Å². The average molecular weight is 329 g/mol. The monoisotopic (exact) mass is 329 g/mol. The average Bonchev–Trinajstić information content (AvgIpc) is 2.55. The number of fused-ring (bicyclic) bond motifs is 1. The van der Waals surface area contributed by atoms with Gasteiger partial charge in [-0.25, -0.2) is 9.18 Å². The second-order valence-electron chi connectivity index (χ2n) is 5.46. The number of rotatable bonds is 3. The fourth-order valence-electron chi connectivity index (χ4n) is 2.35. The molecule has 124 valence electrons. The number of hydrogen-bond acceptors (Lipinski definition) is 3. The molecule has 0 aromatic heterocycles. The van der Waals surface area contributed by atoms with Crippen molar-refractivity contribution >= 4 is 23.3 Å². The predicted octanol–water partition coefficient (Wildman–Crippen LogP) is 2.82. The van der Waals surface area contributed by atoms with Crippen LogP contribution in [0.1, 0.15) is 5.56 Å². The van der Waals surface area contributed by atoms with Crippen LogP contribution < -0.4 is 15.4 Å². The zero-order chi connectivity index (χ0) is 17.1. The van der Waals surface area contributed by atoms with E-state index in [0.717, 1.165) is 0 Å². The third-order valence-electron chi connectivity index (χ3n) is 3.52. The van der Waals surface area contributed by atoms with Gasteiger partial charge in [-0.3, -0.25) is 4.79 Å². The minimum atomic E-state index is -0.338. The van der Waals surface area contributed by atoms with Gasteiger partial charge in [0.15, 0.2) is 6.61 Å². The summed E-state index contributed by atoms with van der Waals surface area (Å²) >= 11 is 0. The highest BCUT2D eigenvalue weighted by Crippen LogP contribution is 2.30. The molecule has 0 saturated carbocycles. The molecule has 2 aromatic carbocycles. The first-order chi connectivity index (χ1) is 11.5. The lowest BCUT2D eigenvalue weighted by Crippen LogP contribution is -2.31. The molecule has 1 heterocycles. The van der Waals surface area contributed by atoms with E-state index >= 15 is 0 Å². The molecule has 2 N–H and O–H groups in total. The van der Waals surface area contributed by atoms with Gasteiger partial charge in [-0.2, -0.15) is 0 Å². The minimum absolute atomic E-state index is 0.0517. The largest absolute Gasteiger partial charge is 0.482 e. The quantitative estimate of drug-likeness (QED) is 0.910. The van der Waals surface area contributed by atoms with Gasteiger partial charge in [-0.05, 0) is 29.8 Å². The summed E-state index contributed by atoms with van der Waals surface area (Å²) in [5, 5.41) is 5.42.